The zero-order valence-electron chi connectivity index (χ0n) is 18.2. The number of aliphatic carboxylic acids is 1. The molecule has 0 aromatic heterocycles. The molecule has 0 spiro atoms. The predicted octanol–water partition coefficient (Wildman–Crippen LogP) is 4.08. The van der Waals surface area contributed by atoms with Gasteiger partial charge < -0.3 is 24.8 Å². The number of nitrogens with one attached hydrogen (secondary N) is 1. The Morgan fingerprint density at radius 1 is 1.03 bits per heavy atom. The number of carboxylic acids is 1. The molecule has 0 aliphatic carbocycles. The largest absolute Gasteiger partial charge is 0.493 e. The minimum atomic E-state index is -1.02. The van der Waals surface area contributed by atoms with E-state index in [4.69, 9.17) is 14.6 Å². The lowest BCUT2D eigenvalue weighted by atomic mass is 9.94. The van der Waals surface area contributed by atoms with E-state index >= 15 is 0 Å². The van der Waals surface area contributed by atoms with Crippen LogP contribution < -0.4 is 19.7 Å². The molecule has 7 heteroatoms. The van der Waals surface area contributed by atoms with E-state index in [1.165, 1.54) is 13.2 Å². The van der Waals surface area contributed by atoms with Gasteiger partial charge in [0.25, 0.3) is 0 Å². The van der Waals surface area contributed by atoms with Crippen LogP contribution in [0.3, 0.4) is 0 Å². The monoisotopic (exact) mass is 424 g/mol. The highest BCUT2D eigenvalue weighted by Crippen LogP contribution is 2.31. The van der Waals surface area contributed by atoms with Crippen molar-refractivity contribution in [3.8, 4) is 11.5 Å². The fraction of sp³-hybridized carbons (Fsp3) is 0.250. The van der Waals surface area contributed by atoms with Crippen LogP contribution in [0.1, 0.15) is 17.9 Å². The second-order valence-electron chi connectivity index (χ2n) is 6.96. The van der Waals surface area contributed by atoms with Gasteiger partial charge in [-0.3, -0.25) is 4.79 Å². The molecule has 0 fully saturated rings. The molecule has 0 aliphatic rings. The maximum Gasteiger partial charge on any atom is 0.328 e. The number of hydrogen-bond donors (Lipinski definition) is 2. The summed E-state index contributed by atoms with van der Waals surface area (Å²) in [4.78, 5) is 25.7. The van der Waals surface area contributed by atoms with Gasteiger partial charge in [-0.2, -0.15) is 0 Å². The van der Waals surface area contributed by atoms with Gasteiger partial charge in [-0.15, -0.1) is 0 Å². The summed E-state index contributed by atoms with van der Waals surface area (Å²) >= 11 is 0. The number of benzene rings is 2. The van der Waals surface area contributed by atoms with Crippen LogP contribution in [0.15, 0.2) is 66.8 Å². The maximum atomic E-state index is 13.1. The molecule has 7 nitrogen and oxygen atoms in total. The molecule has 2 aromatic rings. The first kappa shape index (κ1) is 23.5. The third-order valence-corrected chi connectivity index (χ3v) is 4.64. The van der Waals surface area contributed by atoms with Crippen LogP contribution in [0.2, 0.25) is 0 Å². The number of carbonyl (C=O) groups excluding carboxylic acids is 1. The molecule has 0 saturated heterocycles. The molecule has 2 N–H and O–H groups in total. The van der Waals surface area contributed by atoms with Crippen molar-refractivity contribution in [2.75, 3.05) is 38.5 Å². The van der Waals surface area contributed by atoms with Crippen LogP contribution in [0, 0.1) is 0 Å². The average molecular weight is 424 g/mol. The quantitative estimate of drug-likeness (QED) is 0.441. The van der Waals surface area contributed by atoms with Gasteiger partial charge in [0.05, 0.1) is 20.1 Å². The van der Waals surface area contributed by atoms with Gasteiger partial charge in [0, 0.05) is 37.6 Å². The topological polar surface area (TPSA) is 88.1 Å². The SMILES string of the molecule is COc1ccc(NC(=O)[C@@H](CC=CC=CC(=O)O)c2ccc(N(C)C)cc2)cc1OC. The number of ether oxygens (including phenoxy) is 2. The first-order valence-corrected chi connectivity index (χ1v) is 9.72. The first-order valence-electron chi connectivity index (χ1n) is 9.72. The molecule has 164 valence electrons. The standard InChI is InChI=1S/C24H28N2O5/c1-26(2)19-13-10-17(11-14-19)20(8-6-5-7-9-23(27)28)24(29)25-18-12-15-21(30-3)22(16-18)31-4/h5-7,9-16,20H,8H2,1-4H3,(H,25,29)(H,27,28)/t20-/m0/s1. The zero-order valence-corrected chi connectivity index (χ0v) is 18.2. The van der Waals surface area contributed by atoms with Crippen molar-refractivity contribution < 1.29 is 24.2 Å². The van der Waals surface area contributed by atoms with E-state index in [-0.39, 0.29) is 5.91 Å². The molecule has 0 bridgehead atoms. The van der Waals surface area contributed by atoms with Crippen LogP contribution in [0.25, 0.3) is 0 Å². The average Bonchev–Trinajstić information content (AvgIpc) is 2.75. The minimum Gasteiger partial charge on any atom is -0.493 e. The fourth-order valence-corrected chi connectivity index (χ4v) is 2.97. The molecule has 2 aromatic carbocycles. The van der Waals surface area contributed by atoms with Gasteiger partial charge in [-0.1, -0.05) is 30.4 Å². The molecule has 0 heterocycles. The molecular weight excluding hydrogens is 396 g/mol. The zero-order chi connectivity index (χ0) is 22.8. The Morgan fingerprint density at radius 2 is 1.71 bits per heavy atom. The van der Waals surface area contributed by atoms with E-state index in [0.717, 1.165) is 17.3 Å². The van der Waals surface area contributed by atoms with E-state index in [1.54, 1.807) is 37.5 Å². The van der Waals surface area contributed by atoms with E-state index in [2.05, 4.69) is 5.32 Å². The van der Waals surface area contributed by atoms with Gasteiger partial charge in [0.1, 0.15) is 0 Å². The summed E-state index contributed by atoms with van der Waals surface area (Å²) < 4.78 is 10.5. The number of hydrogen-bond acceptors (Lipinski definition) is 5. The third-order valence-electron chi connectivity index (χ3n) is 4.64. The van der Waals surface area contributed by atoms with Gasteiger partial charge in [-0.05, 0) is 36.2 Å². The van der Waals surface area contributed by atoms with Crippen molar-refractivity contribution in [1.82, 2.24) is 0 Å². The number of carboxylic acid groups (broad SMARTS) is 1. The van der Waals surface area contributed by atoms with Gasteiger partial charge in [0.15, 0.2) is 11.5 Å². The third kappa shape index (κ3) is 6.92. The number of allylic oxidation sites excluding steroid dienone is 3. The van der Waals surface area contributed by atoms with Crippen molar-refractivity contribution in [2.24, 2.45) is 0 Å². The summed E-state index contributed by atoms with van der Waals surface area (Å²) in [5, 5.41) is 11.6. The lowest BCUT2D eigenvalue weighted by Gasteiger charge is -2.18. The summed E-state index contributed by atoms with van der Waals surface area (Å²) in [6.45, 7) is 0. The summed E-state index contributed by atoms with van der Waals surface area (Å²) in [5.74, 6) is -0.572. The Bertz CT molecular complexity index is 949. The van der Waals surface area contributed by atoms with Crippen LogP contribution in [-0.2, 0) is 9.59 Å². The molecular formula is C24H28N2O5. The Hall–Kier alpha value is -3.74. The van der Waals surface area contributed by atoms with E-state index in [1.807, 2.05) is 43.3 Å². The Balaban J connectivity index is 2.25. The number of methoxy groups -OCH3 is 2. The Labute approximate surface area is 182 Å². The molecule has 2 rings (SSSR count). The highest BCUT2D eigenvalue weighted by Gasteiger charge is 2.20. The molecule has 0 unspecified atom stereocenters. The minimum absolute atomic E-state index is 0.184. The maximum absolute atomic E-state index is 13.1. The number of rotatable bonds is 10. The van der Waals surface area contributed by atoms with Crippen LogP contribution in [0.4, 0.5) is 11.4 Å². The molecule has 1 amide bonds. The molecule has 0 aliphatic heterocycles. The second-order valence-corrected chi connectivity index (χ2v) is 6.96. The second kappa shape index (κ2) is 11.4. The number of anilines is 2. The van der Waals surface area contributed by atoms with Crippen molar-refractivity contribution in [3.63, 3.8) is 0 Å². The van der Waals surface area contributed by atoms with Crippen molar-refractivity contribution in [1.29, 1.82) is 0 Å². The molecule has 31 heavy (non-hydrogen) atoms. The highest BCUT2D eigenvalue weighted by molar-refractivity contribution is 5.96. The summed E-state index contributed by atoms with van der Waals surface area (Å²) in [7, 11) is 6.99. The van der Waals surface area contributed by atoms with Crippen molar-refractivity contribution in [3.05, 3.63) is 72.3 Å². The van der Waals surface area contributed by atoms with E-state index in [0.29, 0.717) is 23.6 Å². The fourth-order valence-electron chi connectivity index (χ4n) is 2.97. The number of carbonyl (C=O) groups is 2. The van der Waals surface area contributed by atoms with E-state index in [9.17, 15) is 9.59 Å². The summed E-state index contributed by atoms with van der Waals surface area (Å²) in [6.07, 6.45) is 6.28. The molecule has 0 radical (unpaired) electrons. The van der Waals surface area contributed by atoms with Gasteiger partial charge in [-0.25, -0.2) is 4.79 Å². The van der Waals surface area contributed by atoms with Gasteiger partial charge >= 0.3 is 5.97 Å². The van der Waals surface area contributed by atoms with Crippen LogP contribution in [0.5, 0.6) is 11.5 Å². The first-order chi connectivity index (χ1) is 14.8. The van der Waals surface area contributed by atoms with Crippen LogP contribution in [-0.4, -0.2) is 45.3 Å². The lowest BCUT2D eigenvalue weighted by molar-refractivity contribution is -0.131. The number of amides is 1. The normalized spacial score (nSPS) is 12.0. The van der Waals surface area contributed by atoms with Crippen LogP contribution >= 0.6 is 0 Å². The van der Waals surface area contributed by atoms with Crippen molar-refractivity contribution >= 4 is 23.3 Å². The smallest absolute Gasteiger partial charge is 0.328 e. The Kier molecular flexibility index (Phi) is 8.69. The summed E-state index contributed by atoms with van der Waals surface area (Å²) in [5.41, 5.74) is 2.48. The molecule has 0 saturated carbocycles. The predicted molar refractivity (Wildman–Crippen MR) is 122 cm³/mol. The Morgan fingerprint density at radius 3 is 2.29 bits per heavy atom. The number of nitrogens with zero attached hydrogens (tertiary/aromatic N) is 1. The lowest BCUT2D eigenvalue weighted by Crippen LogP contribution is -2.21. The van der Waals surface area contributed by atoms with E-state index < -0.39 is 11.9 Å². The molecule has 1 atom stereocenters. The summed E-state index contributed by atoms with van der Waals surface area (Å²) in [6, 6.07) is 12.9. The van der Waals surface area contributed by atoms with Crippen molar-refractivity contribution in [2.45, 2.75) is 12.3 Å². The highest BCUT2D eigenvalue weighted by atomic mass is 16.5. The van der Waals surface area contributed by atoms with Gasteiger partial charge in [0.2, 0.25) is 5.91 Å².